The van der Waals surface area contributed by atoms with Crippen molar-refractivity contribution in [2.45, 2.75) is 259 Å². The van der Waals surface area contributed by atoms with Gasteiger partial charge in [-0.25, -0.2) is 26.6 Å². The van der Waals surface area contributed by atoms with Crippen LogP contribution in [0.2, 0.25) is 0 Å². The fraction of sp³-hybridized carbons (Fsp3) is 0.628. The van der Waals surface area contributed by atoms with Crippen molar-refractivity contribution >= 4 is 67.5 Å². The number of amides is 5. The highest BCUT2D eigenvalue weighted by molar-refractivity contribution is 7.90. The standard InChI is InChI=1S/C41H63N5O9S.C37H56N4O7S/c1-28-23-32(54-22-13-18-34(47)42-20-14-19-40(3,4)5)24-29(2)36(28)56(51,52)45-33(38(49)53-9)27-43-35(48)17-11-10-15-30-25-31-16-12-21-46(37(31)44-26-30)39(50)55-41(6,7)8;1-26-23-30(48-22-11-17-33(42)38-21-12-20-37(3,4)5)24-27(2)35(26)49(45,46)41-32(36(44)47-6)25-39-34(43)16-10-8-14-29-19-18-28-13-7-9-15-31(28)40-29/h23-26,33,45H,10-22,27H2,1-9H3,(H,42,47)(H,43,48);18-19,23-24,32,41H,7-17,20-22,25H2,1-6H3,(H,38,42)(H,39,43)/t33-;32-/m00/s1. The fourth-order valence-electron chi connectivity index (χ4n) is 12.4. The van der Waals surface area contributed by atoms with Gasteiger partial charge in [-0.3, -0.25) is 38.7 Å². The van der Waals surface area contributed by atoms with E-state index < -0.39 is 55.8 Å². The van der Waals surface area contributed by atoms with Gasteiger partial charge in [0.15, 0.2) is 0 Å². The third kappa shape index (κ3) is 31.7. The number of aromatic nitrogens is 2. The summed E-state index contributed by atoms with van der Waals surface area (Å²) in [6, 6.07) is 10.0. The quantitative estimate of drug-likeness (QED) is 0.0138. The lowest BCUT2D eigenvalue weighted by Gasteiger charge is -2.30. The summed E-state index contributed by atoms with van der Waals surface area (Å²) in [4.78, 5) is 98.4. The van der Waals surface area contributed by atoms with Crippen LogP contribution >= 0.6 is 0 Å². The molecule has 584 valence electrons. The predicted octanol–water partition coefficient (Wildman–Crippen LogP) is 10.9. The third-order valence-electron chi connectivity index (χ3n) is 17.6. The first kappa shape index (κ1) is 87.9. The molecular formula is C78H119N9O16S2. The molecule has 0 unspecified atom stereocenters. The van der Waals surface area contributed by atoms with Gasteiger partial charge in [-0.15, -0.1) is 0 Å². The van der Waals surface area contributed by atoms with Crippen LogP contribution in [0.5, 0.6) is 11.5 Å². The van der Waals surface area contributed by atoms with Crippen LogP contribution in [-0.2, 0) is 95.1 Å². The summed E-state index contributed by atoms with van der Waals surface area (Å²) in [6.07, 6.45) is 17.6. The molecule has 6 rings (SSSR count). The molecule has 27 heteroatoms. The number of fused-ring (bicyclic) bond motifs is 2. The van der Waals surface area contributed by atoms with E-state index in [1.165, 1.54) is 31.2 Å². The third-order valence-corrected chi connectivity index (χ3v) is 21.2. The number of hydrogen-bond acceptors (Lipinski definition) is 18. The fourth-order valence-corrected chi connectivity index (χ4v) is 15.7. The van der Waals surface area contributed by atoms with Crippen LogP contribution in [0.4, 0.5) is 10.6 Å². The Morgan fingerprint density at radius 3 is 1.42 bits per heavy atom. The number of sulfonamides is 2. The minimum atomic E-state index is -4.22. The van der Waals surface area contributed by atoms with E-state index in [4.69, 9.17) is 28.7 Å². The summed E-state index contributed by atoms with van der Waals surface area (Å²) >= 11 is 0. The minimum Gasteiger partial charge on any atom is -0.494 e. The van der Waals surface area contributed by atoms with E-state index >= 15 is 0 Å². The molecule has 0 spiro atoms. The van der Waals surface area contributed by atoms with Gasteiger partial charge in [-0.2, -0.15) is 9.44 Å². The number of carbonyl (C=O) groups is 7. The number of carbonyl (C=O) groups excluding carboxylic acids is 7. The van der Waals surface area contributed by atoms with Crippen LogP contribution in [0.15, 0.2) is 58.5 Å². The van der Waals surface area contributed by atoms with Gasteiger partial charge in [0.05, 0.1) is 37.2 Å². The number of benzene rings is 2. The van der Waals surface area contributed by atoms with E-state index in [-0.39, 0.29) is 76.8 Å². The predicted molar refractivity (Wildman–Crippen MR) is 405 cm³/mol. The first-order valence-electron chi connectivity index (χ1n) is 37.1. The molecule has 0 fully saturated rings. The average Bonchev–Trinajstić information content (AvgIpc) is 0.802. The van der Waals surface area contributed by atoms with Gasteiger partial charge in [-0.1, -0.05) is 53.7 Å². The van der Waals surface area contributed by atoms with Crippen molar-refractivity contribution in [1.29, 1.82) is 0 Å². The number of esters is 2. The number of aryl methyl sites for hydroxylation is 9. The average molecular weight is 1500 g/mol. The van der Waals surface area contributed by atoms with E-state index in [1.54, 1.807) is 63.1 Å². The highest BCUT2D eigenvalue weighted by Gasteiger charge is 2.33. The first-order valence-corrected chi connectivity index (χ1v) is 40.1. The topological polar surface area (TPSA) is 335 Å². The lowest BCUT2D eigenvalue weighted by atomic mass is 9.91. The highest BCUT2D eigenvalue weighted by atomic mass is 32.2. The second kappa shape index (κ2) is 42.0. The number of nitrogens with zero attached hydrogens (tertiary/aromatic N) is 3. The number of rotatable bonds is 38. The van der Waals surface area contributed by atoms with E-state index in [9.17, 15) is 50.4 Å². The van der Waals surface area contributed by atoms with Crippen LogP contribution in [0, 0.1) is 38.5 Å². The van der Waals surface area contributed by atoms with Crippen LogP contribution < -0.4 is 45.1 Å². The monoisotopic (exact) mass is 1500 g/mol. The molecule has 3 heterocycles. The Kier molecular flexibility index (Phi) is 35.1. The number of unbranched alkanes of at least 4 members (excludes halogenated alkanes) is 2. The van der Waals surface area contributed by atoms with Crippen LogP contribution in [-0.4, -0.2) is 146 Å². The van der Waals surface area contributed by atoms with Gasteiger partial charge >= 0.3 is 18.0 Å². The minimum absolute atomic E-state index is 0.00562. The van der Waals surface area contributed by atoms with E-state index in [0.29, 0.717) is 117 Å². The maximum absolute atomic E-state index is 13.6. The van der Waals surface area contributed by atoms with Crippen molar-refractivity contribution in [3.8, 4) is 11.5 Å². The summed E-state index contributed by atoms with van der Waals surface area (Å²) in [5, 5.41) is 11.2. The number of nitrogens with one attached hydrogen (secondary N) is 6. The molecular weight excluding hydrogens is 1380 g/mol. The number of methoxy groups -OCH3 is 2. The maximum atomic E-state index is 13.6. The zero-order chi connectivity index (χ0) is 77.7. The summed E-state index contributed by atoms with van der Waals surface area (Å²) in [5.74, 6) is -0.746. The zero-order valence-electron chi connectivity index (χ0n) is 65.0. The summed E-state index contributed by atoms with van der Waals surface area (Å²) in [7, 11) is -6.08. The van der Waals surface area contributed by atoms with Crippen LogP contribution in [0.25, 0.3) is 0 Å². The molecule has 25 nitrogen and oxygen atoms in total. The Bertz CT molecular complexity index is 3760. The van der Waals surface area contributed by atoms with Gasteiger partial charge in [0.25, 0.3) is 0 Å². The molecule has 0 radical (unpaired) electrons. The van der Waals surface area contributed by atoms with Crippen molar-refractivity contribution in [2.24, 2.45) is 10.8 Å². The number of anilines is 1. The first-order chi connectivity index (χ1) is 49.4. The molecule has 5 amide bonds. The van der Waals surface area contributed by atoms with Crippen LogP contribution in [0.1, 0.15) is 222 Å². The van der Waals surface area contributed by atoms with Crippen molar-refractivity contribution < 1.29 is 74.1 Å². The molecule has 1 aliphatic heterocycles. The summed E-state index contributed by atoms with van der Waals surface area (Å²) < 4.78 is 85.7. The smallest absolute Gasteiger partial charge is 0.416 e. The molecule has 6 N–H and O–H groups in total. The highest BCUT2D eigenvalue weighted by Crippen LogP contribution is 2.31. The Morgan fingerprint density at radius 1 is 0.524 bits per heavy atom. The van der Waals surface area contributed by atoms with E-state index in [2.05, 4.69) is 95.4 Å². The number of ether oxygens (including phenoxy) is 5. The SMILES string of the molecule is COC(=O)[C@H](CNC(=O)CCCCc1ccc2c(n1)CCCC2)NS(=O)(=O)c1c(C)cc(OCCCC(=O)NCCCC(C)(C)C)cc1C.COC(=O)[C@H](CNC(=O)CCCCc1cnc2c(c1)CCCN2C(=O)OC(C)(C)C)NS(=O)(=O)c1c(C)cc(OCCCC(=O)NCCCC(C)(C)C)cc1C. The molecule has 0 bridgehead atoms. The molecule has 1 aliphatic carbocycles. The molecule has 2 aromatic carbocycles. The van der Waals surface area contributed by atoms with Gasteiger partial charge < -0.3 is 45.0 Å². The van der Waals surface area contributed by atoms with Gasteiger partial charge in [0, 0.05) is 76.0 Å². The molecule has 2 atom stereocenters. The van der Waals surface area contributed by atoms with Crippen molar-refractivity contribution in [3.63, 3.8) is 0 Å². The van der Waals surface area contributed by atoms with Gasteiger partial charge in [-0.05, 0) is 244 Å². The summed E-state index contributed by atoms with van der Waals surface area (Å²) in [5.41, 5.74) is 7.10. The molecule has 2 aliphatic rings. The molecule has 105 heavy (non-hydrogen) atoms. The molecule has 4 aromatic rings. The normalized spacial score (nSPS) is 13.7. The molecule has 2 aromatic heterocycles. The van der Waals surface area contributed by atoms with Crippen molar-refractivity contribution in [3.05, 3.63) is 99.0 Å². The lowest BCUT2D eigenvalue weighted by molar-refractivity contribution is -0.143. The maximum Gasteiger partial charge on any atom is 0.416 e. The second-order valence-corrected chi connectivity index (χ2v) is 34.1. The second-order valence-electron chi connectivity index (χ2n) is 30.8. The van der Waals surface area contributed by atoms with Crippen molar-refractivity contribution in [1.82, 2.24) is 40.7 Å². The number of hydrogen-bond donors (Lipinski definition) is 6. The van der Waals surface area contributed by atoms with E-state index in [1.807, 2.05) is 20.8 Å². The van der Waals surface area contributed by atoms with Crippen molar-refractivity contribution in [2.75, 3.05) is 65.1 Å². The van der Waals surface area contributed by atoms with E-state index in [0.717, 1.165) is 88.1 Å². The number of pyridine rings is 2. The summed E-state index contributed by atoms with van der Waals surface area (Å²) in [6.45, 7) is 26.9. The molecule has 0 saturated carbocycles. The Labute approximate surface area is 624 Å². The lowest BCUT2D eigenvalue weighted by Crippen LogP contribution is -2.49. The van der Waals surface area contributed by atoms with Gasteiger partial charge in [0.1, 0.15) is 35.0 Å². The Balaban J connectivity index is 0.000000380. The Hall–Kier alpha value is -7.75. The zero-order valence-corrected chi connectivity index (χ0v) is 66.6. The Morgan fingerprint density at radius 2 is 0.962 bits per heavy atom. The largest absolute Gasteiger partial charge is 0.494 e. The molecule has 0 saturated heterocycles. The van der Waals surface area contributed by atoms with Crippen LogP contribution in [0.3, 0.4) is 0 Å². The van der Waals surface area contributed by atoms with Gasteiger partial charge in [0.2, 0.25) is 43.7 Å².